The van der Waals surface area contributed by atoms with E-state index in [-0.39, 0.29) is 29.4 Å². The lowest BCUT2D eigenvalue weighted by Gasteiger charge is -2.13. The number of methoxy groups -OCH3 is 2. The molecule has 0 aliphatic heterocycles. The molecule has 0 spiro atoms. The number of rotatable bonds is 8. The second kappa shape index (κ2) is 9.31. The zero-order valence-corrected chi connectivity index (χ0v) is 15.3. The van der Waals surface area contributed by atoms with E-state index in [1.54, 1.807) is 12.1 Å². The maximum absolute atomic E-state index is 12.0. The van der Waals surface area contributed by atoms with Crippen molar-refractivity contribution in [1.29, 1.82) is 0 Å². The van der Waals surface area contributed by atoms with Crippen molar-refractivity contribution in [2.24, 2.45) is 0 Å². The van der Waals surface area contributed by atoms with Crippen LogP contribution in [0.4, 0.5) is 0 Å². The summed E-state index contributed by atoms with van der Waals surface area (Å²) in [7, 11) is 2.81. The van der Waals surface area contributed by atoms with Crippen molar-refractivity contribution >= 4 is 18.0 Å². The van der Waals surface area contributed by atoms with Gasteiger partial charge < -0.3 is 29.5 Å². The lowest BCUT2D eigenvalue weighted by Crippen LogP contribution is -2.28. The lowest BCUT2D eigenvalue weighted by atomic mass is 10.1. The highest BCUT2D eigenvalue weighted by atomic mass is 16.6. The molecule has 148 valence electrons. The molecular weight excluding hydrogens is 368 g/mol. The fourth-order valence-electron chi connectivity index (χ4n) is 2.41. The Labute approximate surface area is 161 Å². The van der Waals surface area contributed by atoms with E-state index < -0.39 is 18.0 Å². The van der Waals surface area contributed by atoms with Gasteiger partial charge in [0.15, 0.2) is 23.0 Å². The van der Waals surface area contributed by atoms with E-state index in [0.717, 1.165) is 6.08 Å². The standard InChI is InChI=1S/C20H20O8/c1-26-16-6-3-12(9-14(16)21)5-8-19(23)28-18(20(24)25)11-13-4-7-17(27-2)15(22)10-13/h3-10,18,21-22H,11H2,1-2H3,(H,24,25). The van der Waals surface area contributed by atoms with Gasteiger partial charge in [-0.15, -0.1) is 0 Å². The average molecular weight is 388 g/mol. The lowest BCUT2D eigenvalue weighted by molar-refractivity contribution is -0.160. The first-order valence-corrected chi connectivity index (χ1v) is 8.18. The van der Waals surface area contributed by atoms with Gasteiger partial charge in [0.1, 0.15) is 0 Å². The molecule has 28 heavy (non-hydrogen) atoms. The van der Waals surface area contributed by atoms with Crippen molar-refractivity contribution in [3.63, 3.8) is 0 Å². The minimum absolute atomic E-state index is 0.0965. The number of carboxylic acid groups (broad SMARTS) is 1. The van der Waals surface area contributed by atoms with Gasteiger partial charge in [-0.25, -0.2) is 9.59 Å². The number of aromatic hydroxyl groups is 2. The van der Waals surface area contributed by atoms with Crippen molar-refractivity contribution < 1.29 is 39.1 Å². The summed E-state index contributed by atoms with van der Waals surface area (Å²) < 4.78 is 14.8. The summed E-state index contributed by atoms with van der Waals surface area (Å²) >= 11 is 0. The molecule has 2 aromatic carbocycles. The summed E-state index contributed by atoms with van der Waals surface area (Å²) in [5.41, 5.74) is 0.963. The summed E-state index contributed by atoms with van der Waals surface area (Å²) in [6.07, 6.45) is 0.868. The van der Waals surface area contributed by atoms with E-state index in [2.05, 4.69) is 0 Å². The van der Waals surface area contributed by atoms with Crippen LogP contribution in [0, 0.1) is 0 Å². The molecule has 0 saturated carbocycles. The Morgan fingerprint density at radius 2 is 1.61 bits per heavy atom. The first-order chi connectivity index (χ1) is 13.3. The van der Waals surface area contributed by atoms with Gasteiger partial charge in [-0.1, -0.05) is 12.1 Å². The van der Waals surface area contributed by atoms with Gasteiger partial charge in [0.25, 0.3) is 0 Å². The van der Waals surface area contributed by atoms with Gasteiger partial charge >= 0.3 is 11.9 Å². The van der Waals surface area contributed by atoms with Gasteiger partial charge in [0.2, 0.25) is 6.10 Å². The second-order valence-corrected chi connectivity index (χ2v) is 5.74. The second-order valence-electron chi connectivity index (χ2n) is 5.74. The van der Waals surface area contributed by atoms with Gasteiger partial charge in [-0.3, -0.25) is 0 Å². The molecule has 0 fully saturated rings. The number of ether oxygens (including phenoxy) is 3. The topological polar surface area (TPSA) is 123 Å². The molecule has 0 aliphatic carbocycles. The van der Waals surface area contributed by atoms with Crippen LogP contribution in [-0.2, 0) is 20.7 Å². The van der Waals surface area contributed by atoms with Crippen LogP contribution < -0.4 is 9.47 Å². The Bertz CT molecular complexity index is 888. The molecule has 2 rings (SSSR count). The van der Waals surface area contributed by atoms with Gasteiger partial charge in [-0.05, 0) is 41.5 Å². The molecule has 1 unspecified atom stereocenters. The van der Waals surface area contributed by atoms with E-state index in [4.69, 9.17) is 14.2 Å². The van der Waals surface area contributed by atoms with E-state index in [0.29, 0.717) is 11.1 Å². The molecule has 0 aromatic heterocycles. The monoisotopic (exact) mass is 388 g/mol. The molecule has 0 saturated heterocycles. The Kier molecular flexibility index (Phi) is 6.86. The number of phenols is 2. The van der Waals surface area contributed by atoms with Crippen LogP contribution in [0.25, 0.3) is 6.08 Å². The maximum atomic E-state index is 12.0. The number of hydrogen-bond donors (Lipinski definition) is 3. The van der Waals surface area contributed by atoms with Crippen LogP contribution in [0.2, 0.25) is 0 Å². The zero-order chi connectivity index (χ0) is 20.7. The number of hydrogen-bond acceptors (Lipinski definition) is 7. The van der Waals surface area contributed by atoms with Crippen LogP contribution in [0.15, 0.2) is 42.5 Å². The molecule has 0 heterocycles. The average Bonchev–Trinajstić information content (AvgIpc) is 2.66. The van der Waals surface area contributed by atoms with Crippen LogP contribution in [0.1, 0.15) is 11.1 Å². The van der Waals surface area contributed by atoms with Crippen LogP contribution in [0.5, 0.6) is 23.0 Å². The highest BCUT2D eigenvalue weighted by Gasteiger charge is 2.22. The molecule has 8 heteroatoms. The van der Waals surface area contributed by atoms with Gasteiger partial charge in [0, 0.05) is 12.5 Å². The number of carbonyl (C=O) groups is 2. The minimum Gasteiger partial charge on any atom is -0.504 e. The van der Waals surface area contributed by atoms with E-state index in [1.807, 2.05) is 0 Å². The smallest absolute Gasteiger partial charge is 0.345 e. The number of carboxylic acids is 1. The van der Waals surface area contributed by atoms with Crippen molar-refractivity contribution in [1.82, 2.24) is 0 Å². The third-order valence-electron chi connectivity index (χ3n) is 3.81. The van der Waals surface area contributed by atoms with Gasteiger partial charge in [-0.2, -0.15) is 0 Å². The van der Waals surface area contributed by atoms with Gasteiger partial charge in [0.05, 0.1) is 14.2 Å². The number of phenolic OH excluding ortho intramolecular Hbond substituents is 2. The number of esters is 1. The van der Waals surface area contributed by atoms with Crippen LogP contribution >= 0.6 is 0 Å². The fraction of sp³-hybridized carbons (Fsp3) is 0.200. The van der Waals surface area contributed by atoms with Crippen LogP contribution in [-0.4, -0.2) is 47.6 Å². The van der Waals surface area contributed by atoms with Crippen molar-refractivity contribution in [3.05, 3.63) is 53.6 Å². The molecule has 0 radical (unpaired) electrons. The van der Waals surface area contributed by atoms with Crippen LogP contribution in [0.3, 0.4) is 0 Å². The summed E-state index contributed by atoms with van der Waals surface area (Å²) in [6, 6.07) is 8.92. The van der Waals surface area contributed by atoms with Crippen molar-refractivity contribution in [3.8, 4) is 23.0 Å². The first-order valence-electron chi connectivity index (χ1n) is 8.18. The van der Waals surface area contributed by atoms with Crippen molar-refractivity contribution in [2.45, 2.75) is 12.5 Å². The third-order valence-corrected chi connectivity index (χ3v) is 3.81. The quantitative estimate of drug-likeness (QED) is 0.465. The van der Waals surface area contributed by atoms with E-state index in [9.17, 15) is 24.9 Å². The Hall–Kier alpha value is -3.68. The largest absolute Gasteiger partial charge is 0.504 e. The van der Waals surface area contributed by atoms with E-state index in [1.165, 1.54) is 44.6 Å². The Morgan fingerprint density at radius 3 is 2.14 bits per heavy atom. The summed E-state index contributed by atoms with van der Waals surface area (Å²) in [5, 5.41) is 28.8. The summed E-state index contributed by atoms with van der Waals surface area (Å²) in [5.74, 6) is -1.89. The normalized spacial score (nSPS) is 11.8. The number of aliphatic carboxylic acids is 1. The molecule has 8 nitrogen and oxygen atoms in total. The van der Waals surface area contributed by atoms with Crippen molar-refractivity contribution in [2.75, 3.05) is 14.2 Å². The SMILES string of the molecule is COc1ccc(C=CC(=O)OC(Cc2ccc(OC)c(O)c2)C(=O)O)cc1O. The zero-order valence-electron chi connectivity index (χ0n) is 15.3. The minimum atomic E-state index is -1.44. The summed E-state index contributed by atoms with van der Waals surface area (Å²) in [6.45, 7) is 0. The number of benzene rings is 2. The third kappa shape index (κ3) is 5.41. The van der Waals surface area contributed by atoms with E-state index >= 15 is 0 Å². The molecular formula is C20H20O8. The molecule has 1 atom stereocenters. The highest BCUT2D eigenvalue weighted by Crippen LogP contribution is 2.28. The number of carbonyl (C=O) groups excluding carboxylic acids is 1. The fourth-order valence-corrected chi connectivity index (χ4v) is 2.41. The predicted molar refractivity (Wildman–Crippen MR) is 99.6 cm³/mol. The summed E-state index contributed by atoms with van der Waals surface area (Å²) in [4.78, 5) is 23.4. The Balaban J connectivity index is 2.05. The molecule has 0 amide bonds. The predicted octanol–water partition coefficient (Wildman–Crippen LogP) is 2.37. The molecule has 2 aromatic rings. The molecule has 0 bridgehead atoms. The first kappa shape index (κ1) is 20.6. The Morgan fingerprint density at radius 1 is 1.00 bits per heavy atom. The molecule has 3 N–H and O–H groups in total. The molecule has 0 aliphatic rings. The highest BCUT2D eigenvalue weighted by molar-refractivity contribution is 5.89. The maximum Gasteiger partial charge on any atom is 0.345 e.